The number of rotatable bonds is 5. The Morgan fingerprint density at radius 3 is 2.44 bits per heavy atom. The smallest absolute Gasteiger partial charge is 0.370 e. The number of alkyl halides is 3. The molecule has 0 fully saturated rings. The van der Waals surface area contributed by atoms with Gasteiger partial charge in [-0.25, -0.2) is 4.39 Å². The molecule has 1 N–H and O–H groups in total. The highest BCUT2D eigenvalue weighted by molar-refractivity contribution is 5.26. The molecule has 0 aliphatic rings. The molecule has 6 heteroatoms. The molecule has 0 spiro atoms. The number of hydrogen-bond donors (Lipinski definition) is 1. The van der Waals surface area contributed by atoms with E-state index < -0.39 is 24.6 Å². The predicted octanol–water partition coefficient (Wildman–Crippen LogP) is 2.97. The second kappa shape index (κ2) is 6.15. The van der Waals surface area contributed by atoms with Gasteiger partial charge in [-0.2, -0.15) is 13.2 Å². The van der Waals surface area contributed by atoms with Gasteiger partial charge >= 0.3 is 6.18 Å². The Morgan fingerprint density at radius 2 is 1.94 bits per heavy atom. The van der Waals surface area contributed by atoms with Crippen molar-refractivity contribution in [2.24, 2.45) is 0 Å². The summed E-state index contributed by atoms with van der Waals surface area (Å²) < 4.78 is 53.6. The average molecular weight is 265 g/mol. The zero-order valence-corrected chi connectivity index (χ0v) is 10.1. The lowest BCUT2D eigenvalue weighted by molar-refractivity contribution is -0.175. The van der Waals surface area contributed by atoms with Crippen LogP contribution in [-0.4, -0.2) is 26.4 Å². The molecular weight excluding hydrogens is 250 g/mol. The first-order valence-corrected chi connectivity index (χ1v) is 5.40. The summed E-state index contributed by atoms with van der Waals surface area (Å²) in [5, 5.41) is 2.80. The van der Waals surface area contributed by atoms with Gasteiger partial charge in [-0.1, -0.05) is 6.07 Å². The maximum atomic E-state index is 13.2. The summed E-state index contributed by atoms with van der Waals surface area (Å²) in [6, 6.07) is 3.88. The van der Waals surface area contributed by atoms with E-state index in [2.05, 4.69) is 10.1 Å². The van der Waals surface area contributed by atoms with Crippen LogP contribution in [0.1, 0.15) is 17.2 Å². The summed E-state index contributed by atoms with van der Waals surface area (Å²) in [5.74, 6) is -0.416. The quantitative estimate of drug-likeness (QED) is 0.826. The average Bonchev–Trinajstić information content (AvgIpc) is 2.21. The summed E-state index contributed by atoms with van der Waals surface area (Å²) in [7, 11) is 1.59. The lowest BCUT2D eigenvalue weighted by Gasteiger charge is -2.18. The van der Waals surface area contributed by atoms with E-state index in [0.29, 0.717) is 11.1 Å². The van der Waals surface area contributed by atoms with Crippen molar-refractivity contribution in [3.63, 3.8) is 0 Å². The van der Waals surface area contributed by atoms with Gasteiger partial charge in [0.05, 0.1) is 12.6 Å². The number of benzene rings is 1. The summed E-state index contributed by atoms with van der Waals surface area (Å²) in [6.45, 7) is 0.244. The van der Waals surface area contributed by atoms with Gasteiger partial charge < -0.3 is 10.1 Å². The van der Waals surface area contributed by atoms with Crippen molar-refractivity contribution in [3.8, 4) is 0 Å². The molecule has 0 saturated carbocycles. The molecule has 1 unspecified atom stereocenters. The summed E-state index contributed by atoms with van der Waals surface area (Å²) >= 11 is 0. The molecule has 0 bridgehead atoms. The van der Waals surface area contributed by atoms with Crippen molar-refractivity contribution >= 4 is 0 Å². The van der Waals surface area contributed by atoms with Crippen LogP contribution in [0.15, 0.2) is 18.2 Å². The second-order valence-corrected chi connectivity index (χ2v) is 4.03. The van der Waals surface area contributed by atoms with E-state index >= 15 is 0 Å². The highest BCUT2D eigenvalue weighted by atomic mass is 19.4. The van der Waals surface area contributed by atoms with E-state index in [1.807, 2.05) is 0 Å². The maximum Gasteiger partial charge on any atom is 0.411 e. The summed E-state index contributed by atoms with van der Waals surface area (Å²) in [6.07, 6.45) is -4.35. The molecule has 0 aliphatic carbocycles. The van der Waals surface area contributed by atoms with Gasteiger partial charge in [0.25, 0.3) is 0 Å². The SMILES string of the molecule is CNC(COCC(F)(F)F)c1cc(C)cc(F)c1. The minimum atomic E-state index is -4.35. The van der Waals surface area contributed by atoms with Crippen LogP contribution in [0.3, 0.4) is 0 Å². The molecule has 0 amide bonds. The van der Waals surface area contributed by atoms with Gasteiger partial charge in [-0.3, -0.25) is 0 Å². The Bertz CT molecular complexity index is 372. The van der Waals surface area contributed by atoms with E-state index in [0.717, 1.165) is 0 Å². The molecule has 0 saturated heterocycles. The van der Waals surface area contributed by atoms with Crippen LogP contribution < -0.4 is 5.32 Å². The molecular formula is C12H15F4NO. The maximum absolute atomic E-state index is 13.2. The standard InChI is InChI=1S/C12H15F4NO/c1-8-3-9(5-10(13)4-8)11(17-2)6-18-7-12(14,15)16/h3-5,11,17H,6-7H2,1-2H3. The van der Waals surface area contributed by atoms with Crippen LogP contribution in [0.25, 0.3) is 0 Å². The molecule has 0 aromatic heterocycles. The molecule has 0 radical (unpaired) electrons. The number of likely N-dealkylation sites (N-methyl/N-ethyl adjacent to an activating group) is 1. The van der Waals surface area contributed by atoms with E-state index in [4.69, 9.17) is 0 Å². The van der Waals surface area contributed by atoms with Crippen LogP contribution in [-0.2, 0) is 4.74 Å². The lowest BCUT2D eigenvalue weighted by Crippen LogP contribution is -2.25. The van der Waals surface area contributed by atoms with Gasteiger partial charge in [-0.15, -0.1) is 0 Å². The highest BCUT2D eigenvalue weighted by Gasteiger charge is 2.28. The van der Waals surface area contributed by atoms with Crippen LogP contribution in [0.5, 0.6) is 0 Å². The molecule has 2 nitrogen and oxygen atoms in total. The monoisotopic (exact) mass is 265 g/mol. The first-order valence-electron chi connectivity index (χ1n) is 5.40. The summed E-state index contributed by atoms with van der Waals surface area (Å²) in [4.78, 5) is 0. The third kappa shape index (κ3) is 5.01. The molecule has 1 aromatic rings. The highest BCUT2D eigenvalue weighted by Crippen LogP contribution is 2.19. The van der Waals surface area contributed by atoms with Gasteiger partial charge in [-0.05, 0) is 37.2 Å². The fourth-order valence-electron chi connectivity index (χ4n) is 1.60. The Balaban J connectivity index is 2.65. The van der Waals surface area contributed by atoms with Crippen molar-refractivity contribution < 1.29 is 22.3 Å². The Kier molecular flexibility index (Phi) is 5.10. The third-order valence-electron chi connectivity index (χ3n) is 2.37. The normalized spacial score (nSPS) is 13.7. The fourth-order valence-corrected chi connectivity index (χ4v) is 1.60. The van der Waals surface area contributed by atoms with E-state index in [-0.39, 0.29) is 6.61 Å². The molecule has 0 heterocycles. The van der Waals surface area contributed by atoms with Gasteiger partial charge in [0, 0.05) is 0 Å². The Hall–Kier alpha value is -1.14. The van der Waals surface area contributed by atoms with Crippen molar-refractivity contribution in [2.45, 2.75) is 19.1 Å². The Morgan fingerprint density at radius 1 is 1.28 bits per heavy atom. The largest absolute Gasteiger partial charge is 0.411 e. The number of hydrogen-bond acceptors (Lipinski definition) is 2. The topological polar surface area (TPSA) is 21.3 Å². The molecule has 102 valence electrons. The first kappa shape index (κ1) is 14.9. The number of ether oxygens (including phenoxy) is 1. The Labute approximate surface area is 103 Å². The molecule has 0 aliphatic heterocycles. The molecule has 1 rings (SSSR count). The van der Waals surface area contributed by atoms with Crippen LogP contribution in [0.4, 0.5) is 17.6 Å². The molecule has 18 heavy (non-hydrogen) atoms. The van der Waals surface area contributed by atoms with Crippen molar-refractivity contribution in [1.82, 2.24) is 5.32 Å². The minimum absolute atomic E-state index is 0.168. The number of nitrogens with one attached hydrogen (secondary N) is 1. The van der Waals surface area contributed by atoms with Crippen molar-refractivity contribution in [2.75, 3.05) is 20.3 Å². The first-order chi connectivity index (χ1) is 8.31. The number of aryl methyl sites for hydroxylation is 1. The fraction of sp³-hybridized carbons (Fsp3) is 0.500. The van der Waals surface area contributed by atoms with Crippen molar-refractivity contribution in [3.05, 3.63) is 35.1 Å². The van der Waals surface area contributed by atoms with E-state index in [1.165, 1.54) is 12.1 Å². The summed E-state index contributed by atoms with van der Waals surface area (Å²) in [5.41, 5.74) is 1.28. The van der Waals surface area contributed by atoms with Gasteiger partial charge in [0.15, 0.2) is 0 Å². The zero-order chi connectivity index (χ0) is 13.8. The predicted molar refractivity (Wildman–Crippen MR) is 59.8 cm³/mol. The van der Waals surface area contributed by atoms with E-state index in [9.17, 15) is 17.6 Å². The lowest BCUT2D eigenvalue weighted by atomic mass is 10.0. The van der Waals surface area contributed by atoms with Gasteiger partial charge in [0.2, 0.25) is 0 Å². The third-order valence-corrected chi connectivity index (χ3v) is 2.37. The van der Waals surface area contributed by atoms with E-state index in [1.54, 1.807) is 20.0 Å². The zero-order valence-electron chi connectivity index (χ0n) is 10.1. The van der Waals surface area contributed by atoms with Gasteiger partial charge in [0.1, 0.15) is 12.4 Å². The van der Waals surface area contributed by atoms with Crippen LogP contribution in [0, 0.1) is 12.7 Å². The number of halogens is 4. The minimum Gasteiger partial charge on any atom is -0.370 e. The second-order valence-electron chi connectivity index (χ2n) is 4.03. The van der Waals surface area contributed by atoms with Crippen molar-refractivity contribution in [1.29, 1.82) is 0 Å². The van der Waals surface area contributed by atoms with Crippen LogP contribution in [0.2, 0.25) is 0 Å². The molecule has 1 atom stereocenters. The molecule has 1 aromatic carbocycles. The van der Waals surface area contributed by atoms with Crippen LogP contribution >= 0.6 is 0 Å².